The second-order valence-electron chi connectivity index (χ2n) is 2.19. The normalized spacial score (nSPS) is 12.4. The molecule has 0 aliphatic carbocycles. The summed E-state index contributed by atoms with van der Waals surface area (Å²) < 4.78 is 16.1. The van der Waals surface area contributed by atoms with Gasteiger partial charge in [0.2, 0.25) is 11.1 Å². The molecule has 0 saturated carbocycles. The molecule has 0 spiro atoms. The Morgan fingerprint density at radius 1 is 1.33 bits per heavy atom. The molecule has 0 fully saturated rings. The molecule has 0 aliphatic rings. The minimum Gasteiger partial charge on any atom is -0.401 e. The van der Waals surface area contributed by atoms with Crippen LogP contribution in [-0.2, 0) is 11.1 Å². The van der Waals surface area contributed by atoms with Gasteiger partial charge >= 0.3 is 0 Å². The van der Waals surface area contributed by atoms with E-state index in [-0.39, 0.29) is 0 Å². The van der Waals surface area contributed by atoms with Crippen LogP contribution in [0.5, 0.6) is 5.75 Å². The van der Waals surface area contributed by atoms with Gasteiger partial charge in [0, 0.05) is 6.54 Å². The number of hydrogen-bond acceptors (Lipinski definition) is 3. The minimum absolute atomic E-state index is 0.370. The van der Waals surface area contributed by atoms with Gasteiger partial charge in [-0.1, -0.05) is 18.2 Å². The topological polar surface area (TPSA) is 52.3 Å². The van der Waals surface area contributed by atoms with Crippen molar-refractivity contribution in [1.82, 2.24) is 0 Å². The van der Waals surface area contributed by atoms with E-state index in [4.69, 9.17) is 9.92 Å². The number of hydrogen-bond donors (Lipinski definition) is 1. The highest BCUT2D eigenvalue weighted by Gasteiger charge is 1.99. The van der Waals surface area contributed by atoms with Gasteiger partial charge in [0.15, 0.2) is 0 Å². The van der Waals surface area contributed by atoms with Gasteiger partial charge < -0.3 is 9.92 Å². The van der Waals surface area contributed by atoms with Crippen LogP contribution in [-0.4, -0.2) is 16.5 Å². The molecular weight excluding hydrogens is 174 g/mol. The van der Waals surface area contributed by atoms with Gasteiger partial charge in [-0.2, -0.15) is 0 Å². The third-order valence-electron chi connectivity index (χ3n) is 1.22. The third-order valence-corrected chi connectivity index (χ3v) is 2.16. The van der Waals surface area contributed by atoms with Crippen LogP contribution in [0.15, 0.2) is 30.3 Å². The van der Waals surface area contributed by atoms with Gasteiger partial charge in [0.05, 0.1) is 5.75 Å². The molecule has 0 aromatic heterocycles. The van der Waals surface area contributed by atoms with Gasteiger partial charge in [-0.15, -0.1) is 0 Å². The maximum atomic E-state index is 11.0. The summed E-state index contributed by atoms with van der Waals surface area (Å²) in [5.41, 5.74) is 5.21. The van der Waals surface area contributed by atoms with E-state index in [2.05, 4.69) is 0 Å². The molecule has 1 rings (SSSR count). The van der Waals surface area contributed by atoms with Crippen molar-refractivity contribution in [3.63, 3.8) is 0 Å². The Hall–Kier alpha value is -0.870. The summed E-state index contributed by atoms with van der Waals surface area (Å²) in [7, 11) is 0. The Morgan fingerprint density at radius 3 is 2.58 bits per heavy atom. The number of para-hydroxylation sites is 1. The molecule has 0 aliphatic heterocycles. The van der Waals surface area contributed by atoms with Gasteiger partial charge in [-0.25, -0.2) is 4.21 Å². The lowest BCUT2D eigenvalue weighted by Crippen LogP contribution is -2.14. The summed E-state index contributed by atoms with van der Waals surface area (Å²) in [6.07, 6.45) is 0. The highest BCUT2D eigenvalue weighted by Crippen LogP contribution is 2.09. The molecule has 3 nitrogen and oxygen atoms in total. The standard InChI is InChI=1S/C8H11NO2S/c9-6-7-12(10)11-8-4-2-1-3-5-8/h1-5H,6-7,9H2. The molecule has 1 atom stereocenters. The van der Waals surface area contributed by atoms with E-state index < -0.39 is 11.1 Å². The molecule has 1 unspecified atom stereocenters. The lowest BCUT2D eigenvalue weighted by atomic mass is 10.3. The fourth-order valence-corrected chi connectivity index (χ4v) is 1.32. The first-order valence-corrected chi connectivity index (χ1v) is 4.89. The molecule has 0 bridgehead atoms. The Labute approximate surface area is 74.2 Å². The van der Waals surface area contributed by atoms with Gasteiger partial charge in [-0.05, 0) is 12.1 Å². The third kappa shape index (κ3) is 3.02. The SMILES string of the molecule is NCCS(=O)Oc1ccccc1. The molecule has 1 aromatic carbocycles. The van der Waals surface area contributed by atoms with Crippen LogP contribution in [0.1, 0.15) is 0 Å². The van der Waals surface area contributed by atoms with Crippen LogP contribution >= 0.6 is 0 Å². The zero-order valence-corrected chi connectivity index (χ0v) is 7.42. The maximum absolute atomic E-state index is 11.0. The number of benzene rings is 1. The fourth-order valence-electron chi connectivity index (χ4n) is 0.721. The largest absolute Gasteiger partial charge is 0.401 e. The predicted molar refractivity (Wildman–Crippen MR) is 49.1 cm³/mol. The van der Waals surface area contributed by atoms with E-state index in [1.807, 2.05) is 18.2 Å². The van der Waals surface area contributed by atoms with Crippen molar-refractivity contribution < 1.29 is 8.39 Å². The first kappa shape index (κ1) is 9.22. The van der Waals surface area contributed by atoms with Crippen LogP contribution in [0.4, 0.5) is 0 Å². The van der Waals surface area contributed by atoms with Gasteiger partial charge in [0.25, 0.3) is 0 Å². The summed E-state index contributed by atoms with van der Waals surface area (Å²) in [5.74, 6) is 0.985. The maximum Gasteiger partial charge on any atom is 0.207 e. The molecule has 0 saturated heterocycles. The minimum atomic E-state index is -1.30. The van der Waals surface area contributed by atoms with Crippen molar-refractivity contribution in [2.75, 3.05) is 12.3 Å². The summed E-state index contributed by atoms with van der Waals surface area (Å²) in [4.78, 5) is 0. The highest BCUT2D eigenvalue weighted by atomic mass is 32.2. The fraction of sp³-hybridized carbons (Fsp3) is 0.250. The van der Waals surface area contributed by atoms with Crippen molar-refractivity contribution in [3.8, 4) is 5.75 Å². The Morgan fingerprint density at radius 2 is 2.00 bits per heavy atom. The number of rotatable bonds is 4. The predicted octanol–water partition coefficient (Wildman–Crippen LogP) is 0.688. The molecular formula is C8H11NO2S. The van der Waals surface area contributed by atoms with Crippen LogP contribution in [0.25, 0.3) is 0 Å². The van der Waals surface area contributed by atoms with Crippen molar-refractivity contribution in [2.24, 2.45) is 5.73 Å². The zero-order chi connectivity index (χ0) is 8.81. The quantitative estimate of drug-likeness (QED) is 0.750. The summed E-state index contributed by atoms with van der Waals surface area (Å²) in [6, 6.07) is 9.05. The van der Waals surface area contributed by atoms with Crippen molar-refractivity contribution in [1.29, 1.82) is 0 Å². The Bertz CT molecular complexity index is 250. The lowest BCUT2D eigenvalue weighted by molar-refractivity contribution is 0.562. The van der Waals surface area contributed by atoms with Gasteiger partial charge in [-0.3, -0.25) is 0 Å². The van der Waals surface area contributed by atoms with Crippen LogP contribution in [0, 0.1) is 0 Å². The smallest absolute Gasteiger partial charge is 0.207 e. The van der Waals surface area contributed by atoms with E-state index in [9.17, 15) is 4.21 Å². The second kappa shape index (κ2) is 4.90. The average Bonchev–Trinajstić information content (AvgIpc) is 2.06. The molecule has 4 heteroatoms. The van der Waals surface area contributed by atoms with E-state index in [0.29, 0.717) is 18.0 Å². The average molecular weight is 185 g/mol. The van der Waals surface area contributed by atoms with Crippen LogP contribution in [0.3, 0.4) is 0 Å². The molecule has 12 heavy (non-hydrogen) atoms. The van der Waals surface area contributed by atoms with Crippen molar-refractivity contribution in [3.05, 3.63) is 30.3 Å². The monoisotopic (exact) mass is 185 g/mol. The molecule has 2 N–H and O–H groups in total. The van der Waals surface area contributed by atoms with E-state index >= 15 is 0 Å². The summed E-state index contributed by atoms with van der Waals surface area (Å²) in [5, 5.41) is 0. The van der Waals surface area contributed by atoms with Crippen molar-refractivity contribution in [2.45, 2.75) is 0 Å². The van der Waals surface area contributed by atoms with E-state index in [0.717, 1.165) is 0 Å². The summed E-state index contributed by atoms with van der Waals surface area (Å²) in [6.45, 7) is 0.374. The molecule has 66 valence electrons. The zero-order valence-electron chi connectivity index (χ0n) is 6.60. The first-order valence-electron chi connectivity index (χ1n) is 3.65. The Kier molecular flexibility index (Phi) is 3.76. The molecule has 0 radical (unpaired) electrons. The van der Waals surface area contributed by atoms with Crippen LogP contribution < -0.4 is 9.92 Å². The second-order valence-corrected chi connectivity index (χ2v) is 3.38. The number of nitrogens with two attached hydrogens (primary N) is 1. The lowest BCUT2D eigenvalue weighted by Gasteiger charge is -2.01. The van der Waals surface area contributed by atoms with E-state index in [1.54, 1.807) is 12.1 Å². The molecule has 0 amide bonds. The molecule has 1 aromatic rings. The Balaban J connectivity index is 2.47. The van der Waals surface area contributed by atoms with E-state index in [1.165, 1.54) is 0 Å². The summed E-state index contributed by atoms with van der Waals surface area (Å²) >= 11 is -1.30. The highest BCUT2D eigenvalue weighted by molar-refractivity contribution is 7.80. The van der Waals surface area contributed by atoms with Gasteiger partial charge in [0.1, 0.15) is 5.75 Å². The van der Waals surface area contributed by atoms with Crippen molar-refractivity contribution >= 4 is 11.1 Å². The molecule has 0 heterocycles. The van der Waals surface area contributed by atoms with Crippen LogP contribution in [0.2, 0.25) is 0 Å². The first-order chi connectivity index (χ1) is 5.83.